The lowest BCUT2D eigenvalue weighted by atomic mass is 9.94. The number of methoxy groups -OCH3 is 3. The molecule has 2 aromatic carbocycles. The van der Waals surface area contributed by atoms with Crippen molar-refractivity contribution < 1.29 is 23.8 Å². The van der Waals surface area contributed by atoms with E-state index < -0.39 is 12.0 Å². The van der Waals surface area contributed by atoms with Crippen LogP contribution >= 0.6 is 11.6 Å². The van der Waals surface area contributed by atoms with E-state index in [9.17, 15) is 9.59 Å². The van der Waals surface area contributed by atoms with Gasteiger partial charge in [0, 0.05) is 22.0 Å². The molecule has 1 aliphatic heterocycles. The van der Waals surface area contributed by atoms with Gasteiger partial charge in [-0.15, -0.1) is 5.10 Å². The molecule has 3 aromatic rings. The van der Waals surface area contributed by atoms with Gasteiger partial charge in [-0.2, -0.15) is 4.98 Å². The highest BCUT2D eigenvalue weighted by Crippen LogP contribution is 2.43. The van der Waals surface area contributed by atoms with Crippen molar-refractivity contribution in [3.05, 3.63) is 70.1 Å². The Balaban J connectivity index is 1.87. The van der Waals surface area contributed by atoms with Gasteiger partial charge in [0.05, 0.1) is 26.9 Å². The van der Waals surface area contributed by atoms with E-state index in [0.717, 1.165) is 0 Å². The fraction of sp³-hybridized carbons (Fsp3) is 0.217. The summed E-state index contributed by atoms with van der Waals surface area (Å²) in [6.07, 6.45) is 0. The van der Waals surface area contributed by atoms with Crippen LogP contribution in [0.4, 0.5) is 11.6 Å². The standard InChI is InChI=1S/C23H22ClN5O5/c1-12-17(21(30)26-14-10-8-13(24)9-11-14)18(15-6-5-7-16(32-2)19(15)33-3)29-23(25-12)27-20(28-29)22(31)34-4/h5-11,18H,1-4H3,(H,26,30)(H,25,27,28). The van der Waals surface area contributed by atoms with Crippen LogP contribution < -0.4 is 20.1 Å². The van der Waals surface area contributed by atoms with Crippen molar-refractivity contribution in [2.45, 2.75) is 13.0 Å². The van der Waals surface area contributed by atoms with E-state index in [4.69, 9.17) is 25.8 Å². The van der Waals surface area contributed by atoms with E-state index in [2.05, 4.69) is 20.7 Å². The van der Waals surface area contributed by atoms with Crippen LogP contribution in [0.25, 0.3) is 0 Å². The Hall–Kier alpha value is -4.05. The molecule has 1 atom stereocenters. The molecule has 0 bridgehead atoms. The first-order valence-corrected chi connectivity index (χ1v) is 10.6. The highest BCUT2D eigenvalue weighted by atomic mass is 35.5. The largest absolute Gasteiger partial charge is 0.493 e. The Morgan fingerprint density at radius 1 is 1.09 bits per heavy atom. The van der Waals surface area contributed by atoms with Gasteiger partial charge in [-0.25, -0.2) is 9.48 Å². The van der Waals surface area contributed by atoms with E-state index in [1.165, 1.54) is 26.0 Å². The summed E-state index contributed by atoms with van der Waals surface area (Å²) in [5, 5.41) is 10.8. The Kier molecular flexibility index (Phi) is 6.42. The second-order valence-electron chi connectivity index (χ2n) is 7.31. The lowest BCUT2D eigenvalue weighted by Crippen LogP contribution is -2.31. The number of allylic oxidation sites excluding steroid dienone is 1. The summed E-state index contributed by atoms with van der Waals surface area (Å²) in [6.45, 7) is 1.74. The maximum Gasteiger partial charge on any atom is 0.378 e. The number of para-hydroxylation sites is 1. The Morgan fingerprint density at radius 3 is 2.47 bits per heavy atom. The SMILES string of the molecule is COC(=O)c1nc2n(n1)C(c1cccc(OC)c1OC)C(C(=O)Nc1ccc(Cl)cc1)=C(C)N2. The van der Waals surface area contributed by atoms with Crippen LogP contribution in [-0.2, 0) is 9.53 Å². The molecule has 0 radical (unpaired) electrons. The van der Waals surface area contributed by atoms with Crippen LogP contribution in [0.5, 0.6) is 11.5 Å². The number of rotatable bonds is 6. The maximum absolute atomic E-state index is 13.5. The normalized spacial score (nSPS) is 14.7. The summed E-state index contributed by atoms with van der Waals surface area (Å²) < 4.78 is 17.3. The lowest BCUT2D eigenvalue weighted by molar-refractivity contribution is -0.113. The number of hydrogen-bond donors (Lipinski definition) is 2. The van der Waals surface area contributed by atoms with Crippen LogP contribution in [0.1, 0.15) is 29.1 Å². The van der Waals surface area contributed by atoms with E-state index in [1.54, 1.807) is 49.4 Å². The number of ether oxygens (including phenoxy) is 3. The molecule has 1 amide bonds. The number of aromatic nitrogens is 3. The monoisotopic (exact) mass is 483 g/mol. The third kappa shape index (κ3) is 4.15. The fourth-order valence-corrected chi connectivity index (χ4v) is 3.90. The molecule has 0 fully saturated rings. The third-order valence-corrected chi connectivity index (χ3v) is 5.55. The van der Waals surface area contributed by atoms with Crippen molar-refractivity contribution in [3.8, 4) is 11.5 Å². The molecule has 0 spiro atoms. The predicted octanol–water partition coefficient (Wildman–Crippen LogP) is 3.66. The van der Waals surface area contributed by atoms with Gasteiger partial charge in [0.25, 0.3) is 11.7 Å². The van der Waals surface area contributed by atoms with Crippen LogP contribution in [0.15, 0.2) is 53.7 Å². The highest BCUT2D eigenvalue weighted by molar-refractivity contribution is 6.30. The minimum atomic E-state index is -0.792. The molecule has 10 nitrogen and oxygen atoms in total. The second kappa shape index (κ2) is 9.44. The molecule has 2 N–H and O–H groups in total. The van der Waals surface area contributed by atoms with E-state index in [0.29, 0.717) is 39.0 Å². The number of esters is 1. The first kappa shape index (κ1) is 23.1. The average molecular weight is 484 g/mol. The summed E-state index contributed by atoms with van der Waals surface area (Å²) in [5.74, 6) is -0.0706. The number of anilines is 2. The number of nitrogens with one attached hydrogen (secondary N) is 2. The van der Waals surface area contributed by atoms with E-state index in [1.807, 2.05) is 0 Å². The molecule has 0 saturated carbocycles. The summed E-state index contributed by atoms with van der Waals surface area (Å²) in [7, 11) is 4.27. The lowest BCUT2D eigenvalue weighted by Gasteiger charge is -2.29. The zero-order chi connectivity index (χ0) is 24.4. The molecule has 1 unspecified atom stereocenters. The zero-order valence-electron chi connectivity index (χ0n) is 18.9. The number of hydrogen-bond acceptors (Lipinski definition) is 8. The third-order valence-electron chi connectivity index (χ3n) is 5.30. The summed E-state index contributed by atoms with van der Waals surface area (Å²) in [4.78, 5) is 29.9. The topological polar surface area (TPSA) is 117 Å². The molecular formula is C23H22ClN5O5. The van der Waals surface area contributed by atoms with Gasteiger partial charge in [-0.3, -0.25) is 4.79 Å². The molecule has 0 saturated heterocycles. The number of carbonyl (C=O) groups excluding carboxylic acids is 2. The van der Waals surface area contributed by atoms with Gasteiger partial charge < -0.3 is 24.8 Å². The number of halogens is 1. The molecule has 176 valence electrons. The first-order valence-electron chi connectivity index (χ1n) is 10.2. The van der Waals surface area contributed by atoms with Crippen LogP contribution in [0.3, 0.4) is 0 Å². The number of nitrogens with zero attached hydrogens (tertiary/aromatic N) is 3. The zero-order valence-corrected chi connectivity index (χ0v) is 19.6. The quantitative estimate of drug-likeness (QED) is 0.510. The van der Waals surface area contributed by atoms with Crippen molar-refractivity contribution in [1.82, 2.24) is 14.8 Å². The summed E-state index contributed by atoms with van der Waals surface area (Å²) in [5.41, 5.74) is 2.02. The Labute approximate surface area is 200 Å². The summed E-state index contributed by atoms with van der Waals surface area (Å²) in [6, 6.07) is 11.3. The number of carbonyl (C=O) groups is 2. The Morgan fingerprint density at radius 2 is 1.82 bits per heavy atom. The van der Waals surface area contributed by atoms with Gasteiger partial charge in [-0.1, -0.05) is 23.7 Å². The van der Waals surface area contributed by atoms with Gasteiger partial charge in [0.1, 0.15) is 6.04 Å². The van der Waals surface area contributed by atoms with Crippen LogP contribution in [0.2, 0.25) is 5.02 Å². The Bertz CT molecular complexity index is 1290. The second-order valence-corrected chi connectivity index (χ2v) is 7.74. The number of benzene rings is 2. The van der Waals surface area contributed by atoms with Crippen molar-refractivity contribution in [3.63, 3.8) is 0 Å². The maximum atomic E-state index is 13.5. The van der Waals surface area contributed by atoms with Gasteiger partial charge in [0.15, 0.2) is 11.5 Å². The smallest absolute Gasteiger partial charge is 0.378 e. The minimum Gasteiger partial charge on any atom is -0.493 e. The van der Waals surface area contributed by atoms with E-state index in [-0.39, 0.29) is 17.7 Å². The van der Waals surface area contributed by atoms with Crippen molar-refractivity contribution in [2.75, 3.05) is 32.0 Å². The first-order chi connectivity index (χ1) is 16.4. The highest BCUT2D eigenvalue weighted by Gasteiger charge is 2.37. The molecule has 2 heterocycles. The molecule has 0 aliphatic carbocycles. The van der Waals surface area contributed by atoms with Crippen LogP contribution in [-0.4, -0.2) is 48.0 Å². The minimum absolute atomic E-state index is 0.149. The molecule has 1 aromatic heterocycles. The van der Waals surface area contributed by atoms with Crippen LogP contribution in [0, 0.1) is 0 Å². The fourth-order valence-electron chi connectivity index (χ4n) is 3.77. The predicted molar refractivity (Wildman–Crippen MR) is 125 cm³/mol. The summed E-state index contributed by atoms with van der Waals surface area (Å²) >= 11 is 5.97. The average Bonchev–Trinajstić information content (AvgIpc) is 3.27. The van der Waals surface area contributed by atoms with Gasteiger partial charge in [0.2, 0.25) is 5.95 Å². The molecule has 34 heavy (non-hydrogen) atoms. The van der Waals surface area contributed by atoms with E-state index >= 15 is 0 Å². The molecular weight excluding hydrogens is 462 g/mol. The van der Waals surface area contributed by atoms with Crippen molar-refractivity contribution in [1.29, 1.82) is 0 Å². The molecule has 4 rings (SSSR count). The van der Waals surface area contributed by atoms with Crippen molar-refractivity contribution in [2.24, 2.45) is 0 Å². The molecule has 1 aliphatic rings. The van der Waals surface area contributed by atoms with Gasteiger partial charge >= 0.3 is 5.97 Å². The van der Waals surface area contributed by atoms with Gasteiger partial charge in [-0.05, 0) is 37.3 Å². The number of fused-ring (bicyclic) bond motifs is 1. The number of amides is 1. The van der Waals surface area contributed by atoms with Crippen molar-refractivity contribution >= 4 is 35.1 Å². The molecule has 11 heteroatoms.